The average molecular weight is 308 g/mol. The first kappa shape index (κ1) is 18.4. The number of rotatable bonds is 10. The molecule has 0 aliphatic heterocycles. The van der Waals surface area contributed by atoms with E-state index >= 15 is 0 Å². The Morgan fingerprint density at radius 2 is 2.14 bits per heavy atom. The van der Waals surface area contributed by atoms with Gasteiger partial charge >= 0.3 is 0 Å². The molecule has 0 heterocycles. The molecule has 22 heavy (non-hydrogen) atoms. The van der Waals surface area contributed by atoms with E-state index in [2.05, 4.69) is 5.73 Å². The van der Waals surface area contributed by atoms with E-state index in [9.17, 15) is 5.11 Å². The van der Waals surface area contributed by atoms with Gasteiger partial charge in [0, 0.05) is 26.6 Å². The van der Waals surface area contributed by atoms with Crippen molar-refractivity contribution in [1.82, 2.24) is 0 Å². The van der Waals surface area contributed by atoms with Gasteiger partial charge in [0.1, 0.15) is 12.4 Å². The molecule has 1 aromatic rings. The maximum Gasteiger partial charge on any atom is 0.119 e. The number of aliphatic hydroxyl groups is 3. The number of aliphatic hydroxyl groups excluding tert-OH is 3. The molecule has 0 aliphatic rings. The number of methoxy groups -OCH3 is 1. The Balaban J connectivity index is 2.67. The smallest absolute Gasteiger partial charge is 0.119 e. The molecule has 0 aromatic heterocycles. The summed E-state index contributed by atoms with van der Waals surface area (Å²) in [6.07, 6.45) is 1.99. The van der Waals surface area contributed by atoms with Crippen LogP contribution < -0.4 is 4.74 Å². The molecule has 5 nitrogen and oxygen atoms in total. The Morgan fingerprint density at radius 1 is 1.32 bits per heavy atom. The van der Waals surface area contributed by atoms with Gasteiger partial charge in [-0.3, -0.25) is 0 Å². The molecule has 0 bridgehead atoms. The molecule has 1 rings (SSSR count). The summed E-state index contributed by atoms with van der Waals surface area (Å²) in [5.74, 6) is 0.616. The summed E-state index contributed by atoms with van der Waals surface area (Å²) in [5.41, 5.74) is 4.65. The van der Waals surface area contributed by atoms with E-state index < -0.39 is 6.10 Å². The normalized spacial score (nSPS) is 11.6. The minimum Gasteiger partial charge on any atom is -0.491 e. The van der Waals surface area contributed by atoms with Crippen molar-refractivity contribution in [2.24, 2.45) is 0 Å². The lowest BCUT2D eigenvalue weighted by Crippen LogP contribution is -2.02. The van der Waals surface area contributed by atoms with E-state index in [0.717, 1.165) is 11.1 Å². The average Bonchev–Trinajstić information content (AvgIpc) is 2.53. The summed E-state index contributed by atoms with van der Waals surface area (Å²) in [6.45, 7) is 0.640. The van der Waals surface area contributed by atoms with Crippen molar-refractivity contribution in [2.75, 3.05) is 33.5 Å². The van der Waals surface area contributed by atoms with Crippen LogP contribution >= 0.6 is 0 Å². The maximum absolute atomic E-state index is 10.2. The summed E-state index contributed by atoms with van der Waals surface area (Å²) in [6, 6.07) is 7.14. The van der Waals surface area contributed by atoms with Gasteiger partial charge in [0.05, 0.1) is 19.3 Å². The van der Waals surface area contributed by atoms with Gasteiger partial charge in [-0.25, -0.2) is 0 Å². The Kier molecular flexibility index (Phi) is 9.23. The minimum absolute atomic E-state index is 0.0479. The number of ether oxygens (including phenoxy) is 2. The summed E-state index contributed by atoms with van der Waals surface area (Å²) in [4.78, 5) is 0. The standard InChI is InChI=1S/C17H24O5/c1-21-13-14(8-9-18)4-2-7-17(20)15-5-3-6-16(12-15)22-11-10-19/h2-3,5-6,12,17-20H,7-11,13H2,1H3/t4?,17-/m1/s1. The Morgan fingerprint density at radius 3 is 2.82 bits per heavy atom. The Labute approximate surface area is 131 Å². The molecular formula is C17H24O5. The van der Waals surface area contributed by atoms with Crippen molar-refractivity contribution in [3.63, 3.8) is 0 Å². The summed E-state index contributed by atoms with van der Waals surface area (Å²) >= 11 is 0. The van der Waals surface area contributed by atoms with Gasteiger partial charge in [-0.15, -0.1) is 5.73 Å². The number of hydrogen-bond donors (Lipinski definition) is 3. The molecule has 0 amide bonds. The fraction of sp³-hybridized carbons (Fsp3) is 0.471. The molecule has 0 saturated carbocycles. The molecule has 0 fully saturated rings. The zero-order valence-electron chi connectivity index (χ0n) is 12.9. The van der Waals surface area contributed by atoms with Crippen LogP contribution in [0.2, 0.25) is 0 Å². The van der Waals surface area contributed by atoms with Gasteiger partial charge in [0.15, 0.2) is 0 Å². The minimum atomic E-state index is -0.664. The third-order valence-electron chi connectivity index (χ3n) is 2.98. The fourth-order valence-corrected chi connectivity index (χ4v) is 1.92. The molecule has 5 heteroatoms. The van der Waals surface area contributed by atoms with E-state index in [4.69, 9.17) is 19.7 Å². The van der Waals surface area contributed by atoms with Crippen LogP contribution in [0.3, 0.4) is 0 Å². The van der Waals surface area contributed by atoms with Crippen molar-refractivity contribution in [3.05, 3.63) is 47.2 Å². The Bertz CT molecular complexity index is 484. The second-order valence-electron chi connectivity index (χ2n) is 4.75. The first-order chi connectivity index (χ1) is 10.7. The monoisotopic (exact) mass is 308 g/mol. The molecule has 122 valence electrons. The van der Waals surface area contributed by atoms with Crippen LogP contribution in [0.4, 0.5) is 0 Å². The predicted molar refractivity (Wildman–Crippen MR) is 83.8 cm³/mol. The van der Waals surface area contributed by atoms with E-state index in [-0.39, 0.29) is 19.8 Å². The highest BCUT2D eigenvalue weighted by atomic mass is 16.5. The van der Waals surface area contributed by atoms with Crippen LogP contribution in [-0.2, 0) is 4.74 Å². The van der Waals surface area contributed by atoms with Crippen molar-refractivity contribution in [2.45, 2.75) is 18.9 Å². The van der Waals surface area contributed by atoms with Crippen molar-refractivity contribution in [3.8, 4) is 5.75 Å². The zero-order valence-corrected chi connectivity index (χ0v) is 12.9. The first-order valence-electron chi connectivity index (χ1n) is 7.25. The molecular weight excluding hydrogens is 284 g/mol. The highest BCUT2D eigenvalue weighted by Crippen LogP contribution is 2.22. The van der Waals surface area contributed by atoms with E-state index in [1.54, 1.807) is 31.4 Å². The topological polar surface area (TPSA) is 79.2 Å². The van der Waals surface area contributed by atoms with Crippen molar-refractivity contribution < 1.29 is 24.8 Å². The molecule has 0 radical (unpaired) electrons. The first-order valence-corrected chi connectivity index (χ1v) is 7.25. The number of hydrogen-bond acceptors (Lipinski definition) is 5. The van der Waals surface area contributed by atoms with Gasteiger partial charge in [-0.05, 0) is 29.3 Å². The van der Waals surface area contributed by atoms with Crippen molar-refractivity contribution in [1.29, 1.82) is 0 Å². The largest absolute Gasteiger partial charge is 0.491 e. The lowest BCUT2D eigenvalue weighted by Gasteiger charge is -2.10. The van der Waals surface area contributed by atoms with Crippen LogP contribution in [-0.4, -0.2) is 48.9 Å². The summed E-state index contributed by atoms with van der Waals surface area (Å²) in [5, 5.41) is 27.9. The lowest BCUT2D eigenvalue weighted by atomic mass is 10.1. The number of benzene rings is 1. The SMILES string of the molecule is COCC(=C=CC[C@@H](O)c1cccc(OCCO)c1)CCO. The van der Waals surface area contributed by atoms with E-state index in [1.165, 1.54) is 0 Å². The quantitative estimate of drug-likeness (QED) is 0.572. The van der Waals surface area contributed by atoms with Crippen LogP contribution in [0.25, 0.3) is 0 Å². The van der Waals surface area contributed by atoms with E-state index in [0.29, 0.717) is 25.2 Å². The Hall–Kier alpha value is -1.62. The van der Waals surface area contributed by atoms with Gasteiger partial charge in [-0.1, -0.05) is 12.1 Å². The summed E-state index contributed by atoms with van der Waals surface area (Å²) < 4.78 is 10.3. The molecule has 0 saturated heterocycles. The fourth-order valence-electron chi connectivity index (χ4n) is 1.92. The lowest BCUT2D eigenvalue weighted by molar-refractivity contribution is 0.179. The highest BCUT2D eigenvalue weighted by molar-refractivity contribution is 5.30. The van der Waals surface area contributed by atoms with Gasteiger partial charge in [0.25, 0.3) is 0 Å². The second kappa shape index (κ2) is 11.0. The van der Waals surface area contributed by atoms with Crippen molar-refractivity contribution >= 4 is 0 Å². The zero-order chi connectivity index (χ0) is 16.2. The van der Waals surface area contributed by atoms with Crippen LogP contribution in [0, 0.1) is 0 Å². The van der Waals surface area contributed by atoms with Gasteiger partial charge in [-0.2, -0.15) is 0 Å². The van der Waals surface area contributed by atoms with Crippen LogP contribution in [0.1, 0.15) is 24.5 Å². The third-order valence-corrected chi connectivity index (χ3v) is 2.98. The molecule has 0 aliphatic carbocycles. The van der Waals surface area contributed by atoms with Gasteiger partial charge < -0.3 is 24.8 Å². The third kappa shape index (κ3) is 6.89. The second-order valence-corrected chi connectivity index (χ2v) is 4.75. The molecule has 1 aromatic carbocycles. The van der Waals surface area contributed by atoms with Gasteiger partial charge in [0.2, 0.25) is 0 Å². The predicted octanol–water partition coefficient (Wildman–Crippen LogP) is 1.59. The molecule has 0 spiro atoms. The van der Waals surface area contributed by atoms with Crippen LogP contribution in [0.15, 0.2) is 41.6 Å². The highest BCUT2D eigenvalue weighted by Gasteiger charge is 2.06. The van der Waals surface area contributed by atoms with Crippen LogP contribution in [0.5, 0.6) is 5.75 Å². The molecule has 1 atom stereocenters. The maximum atomic E-state index is 10.2. The molecule has 0 unspecified atom stereocenters. The summed E-state index contributed by atoms with van der Waals surface area (Å²) in [7, 11) is 1.59. The van der Waals surface area contributed by atoms with E-state index in [1.807, 2.05) is 6.07 Å². The molecule has 3 N–H and O–H groups in total.